The second kappa shape index (κ2) is 4.94. The molecule has 0 aliphatic carbocycles. The minimum atomic E-state index is 0.723. The molecule has 0 radical (unpaired) electrons. The van der Waals surface area contributed by atoms with Crippen molar-refractivity contribution in [3.8, 4) is 6.07 Å². The van der Waals surface area contributed by atoms with Crippen LogP contribution >= 0.6 is 11.8 Å². The minimum Gasteiger partial charge on any atom is -0.398 e. The van der Waals surface area contributed by atoms with Crippen LogP contribution in [0.3, 0.4) is 0 Å². The zero-order valence-corrected chi connectivity index (χ0v) is 10.3. The minimum absolute atomic E-state index is 0.723. The van der Waals surface area contributed by atoms with Gasteiger partial charge in [0.25, 0.3) is 0 Å². The summed E-state index contributed by atoms with van der Waals surface area (Å²) in [5, 5.41) is 9.15. The third-order valence-corrected chi connectivity index (χ3v) is 3.64. The normalized spacial score (nSPS) is 9.88. The molecular weight excluding hydrogens is 228 g/mol. The number of benzene rings is 2. The van der Waals surface area contributed by atoms with Gasteiger partial charge in [-0.05, 0) is 30.7 Å². The zero-order chi connectivity index (χ0) is 12.3. The summed E-state index contributed by atoms with van der Waals surface area (Å²) in [5.41, 5.74) is 8.35. The number of rotatable bonds is 2. The zero-order valence-electron chi connectivity index (χ0n) is 9.47. The summed E-state index contributed by atoms with van der Waals surface area (Å²) >= 11 is 1.53. The maximum Gasteiger partial charge on any atom is 0.101 e. The second-order valence-electron chi connectivity index (χ2n) is 3.70. The first kappa shape index (κ1) is 11.6. The number of nitrogens with zero attached hydrogens (tertiary/aromatic N) is 1. The van der Waals surface area contributed by atoms with Gasteiger partial charge in [-0.2, -0.15) is 5.26 Å². The molecule has 0 aliphatic rings. The topological polar surface area (TPSA) is 49.8 Å². The van der Waals surface area contributed by atoms with E-state index in [1.807, 2.05) is 49.4 Å². The number of aryl methyl sites for hydroxylation is 1. The standard InChI is InChI=1S/C14H12N2S/c1-10-5-4-8-13(11(10)9-15)17-14-7-3-2-6-12(14)16/h2-8H,16H2,1H3. The van der Waals surface area contributed by atoms with E-state index >= 15 is 0 Å². The molecule has 0 aromatic heterocycles. The summed E-state index contributed by atoms with van der Waals surface area (Å²) in [6, 6.07) is 15.8. The number of para-hydroxylation sites is 1. The summed E-state index contributed by atoms with van der Waals surface area (Å²) in [4.78, 5) is 1.93. The summed E-state index contributed by atoms with van der Waals surface area (Å²) in [7, 11) is 0. The molecule has 0 bridgehead atoms. The fourth-order valence-corrected chi connectivity index (χ4v) is 2.59. The second-order valence-corrected chi connectivity index (χ2v) is 4.78. The SMILES string of the molecule is Cc1cccc(Sc2ccccc2N)c1C#N. The van der Waals surface area contributed by atoms with E-state index < -0.39 is 0 Å². The molecule has 0 fully saturated rings. The van der Waals surface area contributed by atoms with Gasteiger partial charge in [-0.1, -0.05) is 36.0 Å². The van der Waals surface area contributed by atoms with Gasteiger partial charge in [0.2, 0.25) is 0 Å². The molecule has 0 amide bonds. The third-order valence-electron chi connectivity index (χ3n) is 2.49. The van der Waals surface area contributed by atoms with Crippen molar-refractivity contribution in [2.45, 2.75) is 16.7 Å². The van der Waals surface area contributed by atoms with E-state index in [9.17, 15) is 0 Å². The van der Waals surface area contributed by atoms with Crippen molar-refractivity contribution >= 4 is 17.4 Å². The number of nitrogens with two attached hydrogens (primary N) is 1. The van der Waals surface area contributed by atoms with Gasteiger partial charge < -0.3 is 5.73 Å². The monoisotopic (exact) mass is 240 g/mol. The number of nitrogen functional groups attached to an aromatic ring is 1. The van der Waals surface area contributed by atoms with Crippen LogP contribution in [0.25, 0.3) is 0 Å². The highest BCUT2D eigenvalue weighted by Crippen LogP contribution is 2.34. The maximum absolute atomic E-state index is 9.15. The van der Waals surface area contributed by atoms with Gasteiger partial charge >= 0.3 is 0 Å². The molecule has 0 heterocycles. The van der Waals surface area contributed by atoms with Crippen molar-refractivity contribution in [1.82, 2.24) is 0 Å². The summed E-state index contributed by atoms with van der Waals surface area (Å²) in [5.74, 6) is 0. The molecule has 0 spiro atoms. The number of nitriles is 1. The maximum atomic E-state index is 9.15. The molecule has 2 N–H and O–H groups in total. The summed E-state index contributed by atoms with van der Waals surface area (Å²) in [6.07, 6.45) is 0. The van der Waals surface area contributed by atoms with Crippen molar-refractivity contribution in [1.29, 1.82) is 5.26 Å². The van der Waals surface area contributed by atoms with Crippen molar-refractivity contribution < 1.29 is 0 Å². The van der Waals surface area contributed by atoms with E-state index in [4.69, 9.17) is 11.0 Å². The number of anilines is 1. The van der Waals surface area contributed by atoms with E-state index in [-0.39, 0.29) is 0 Å². The Morgan fingerprint density at radius 1 is 1.06 bits per heavy atom. The Labute approximate surface area is 105 Å². The van der Waals surface area contributed by atoms with E-state index in [1.54, 1.807) is 0 Å². The van der Waals surface area contributed by atoms with Crippen LogP contribution in [-0.2, 0) is 0 Å². The Hall–Kier alpha value is -1.92. The Kier molecular flexibility index (Phi) is 3.36. The molecule has 0 atom stereocenters. The predicted molar refractivity (Wildman–Crippen MR) is 70.9 cm³/mol. The average Bonchev–Trinajstić information content (AvgIpc) is 2.32. The van der Waals surface area contributed by atoms with Crippen LogP contribution in [0.2, 0.25) is 0 Å². The molecule has 0 aliphatic heterocycles. The Bertz CT molecular complexity index is 585. The Morgan fingerprint density at radius 2 is 1.76 bits per heavy atom. The fourth-order valence-electron chi connectivity index (χ4n) is 1.56. The molecule has 2 rings (SSSR count). The molecule has 3 heteroatoms. The first-order valence-corrected chi connectivity index (χ1v) is 6.06. The third kappa shape index (κ3) is 2.43. The molecule has 0 saturated heterocycles. The van der Waals surface area contributed by atoms with Crippen LogP contribution in [0.5, 0.6) is 0 Å². The van der Waals surface area contributed by atoms with Crippen LogP contribution in [0.4, 0.5) is 5.69 Å². The molecule has 17 heavy (non-hydrogen) atoms. The Balaban J connectivity index is 2.41. The van der Waals surface area contributed by atoms with Crippen LogP contribution in [-0.4, -0.2) is 0 Å². The van der Waals surface area contributed by atoms with Gasteiger partial charge in [0, 0.05) is 15.5 Å². The molecule has 2 aromatic rings. The van der Waals surface area contributed by atoms with Gasteiger partial charge in [0.05, 0.1) is 5.56 Å². The van der Waals surface area contributed by atoms with Crippen molar-refractivity contribution in [3.63, 3.8) is 0 Å². The highest BCUT2D eigenvalue weighted by atomic mass is 32.2. The van der Waals surface area contributed by atoms with E-state index in [0.29, 0.717) is 0 Å². The average molecular weight is 240 g/mol. The fraction of sp³-hybridized carbons (Fsp3) is 0.0714. The van der Waals surface area contributed by atoms with Gasteiger partial charge in [0.15, 0.2) is 0 Å². The van der Waals surface area contributed by atoms with E-state index in [0.717, 1.165) is 26.6 Å². The van der Waals surface area contributed by atoms with E-state index in [2.05, 4.69) is 6.07 Å². The quantitative estimate of drug-likeness (QED) is 0.816. The molecule has 0 saturated carbocycles. The molecule has 2 nitrogen and oxygen atoms in total. The number of hydrogen-bond donors (Lipinski definition) is 1. The number of hydrogen-bond acceptors (Lipinski definition) is 3. The van der Waals surface area contributed by atoms with Gasteiger partial charge in [0.1, 0.15) is 6.07 Å². The van der Waals surface area contributed by atoms with Crippen molar-refractivity contribution in [3.05, 3.63) is 53.6 Å². The van der Waals surface area contributed by atoms with Crippen LogP contribution in [0.15, 0.2) is 52.3 Å². The molecule has 0 unspecified atom stereocenters. The van der Waals surface area contributed by atoms with E-state index in [1.165, 1.54) is 11.8 Å². The smallest absolute Gasteiger partial charge is 0.101 e. The lowest BCUT2D eigenvalue weighted by molar-refractivity contribution is 1.29. The Morgan fingerprint density at radius 3 is 2.47 bits per heavy atom. The lowest BCUT2D eigenvalue weighted by Crippen LogP contribution is -1.89. The largest absolute Gasteiger partial charge is 0.398 e. The lowest BCUT2D eigenvalue weighted by atomic mass is 10.1. The molecule has 84 valence electrons. The van der Waals surface area contributed by atoms with Crippen molar-refractivity contribution in [2.24, 2.45) is 0 Å². The predicted octanol–water partition coefficient (Wildman–Crippen LogP) is 3.60. The lowest BCUT2D eigenvalue weighted by Gasteiger charge is -2.07. The van der Waals surface area contributed by atoms with Crippen LogP contribution in [0, 0.1) is 18.3 Å². The van der Waals surface area contributed by atoms with Gasteiger partial charge in [-0.25, -0.2) is 0 Å². The van der Waals surface area contributed by atoms with Crippen LogP contribution < -0.4 is 5.73 Å². The van der Waals surface area contributed by atoms with Crippen LogP contribution in [0.1, 0.15) is 11.1 Å². The summed E-state index contributed by atoms with van der Waals surface area (Å²) in [6.45, 7) is 1.94. The molecule has 2 aromatic carbocycles. The molecular formula is C14H12N2S. The first-order valence-electron chi connectivity index (χ1n) is 5.24. The van der Waals surface area contributed by atoms with Gasteiger partial charge in [-0.15, -0.1) is 0 Å². The highest BCUT2D eigenvalue weighted by Gasteiger charge is 2.07. The summed E-state index contributed by atoms with van der Waals surface area (Å²) < 4.78 is 0. The highest BCUT2D eigenvalue weighted by molar-refractivity contribution is 7.99. The first-order chi connectivity index (χ1) is 8.22. The van der Waals surface area contributed by atoms with Crippen molar-refractivity contribution in [2.75, 3.05) is 5.73 Å². The van der Waals surface area contributed by atoms with Gasteiger partial charge in [-0.3, -0.25) is 0 Å².